The van der Waals surface area contributed by atoms with Gasteiger partial charge in [0.25, 0.3) is 0 Å². The molecular weight excluding hydrogens is 202 g/mol. The second-order valence-corrected chi connectivity index (χ2v) is 3.60. The average Bonchev–Trinajstić information content (AvgIpc) is 2.73. The Labute approximate surface area is 94.6 Å². The minimum absolute atomic E-state index is 0.700. The van der Waals surface area contributed by atoms with Gasteiger partial charge < -0.3 is 9.30 Å². The van der Waals surface area contributed by atoms with Crippen LogP contribution in [0.4, 0.5) is 0 Å². The normalized spacial score (nSPS) is 10.8. The van der Waals surface area contributed by atoms with Crippen molar-refractivity contribution >= 4 is 17.2 Å². The molecule has 2 rings (SSSR count). The summed E-state index contributed by atoms with van der Waals surface area (Å²) < 4.78 is 7.43. The van der Waals surface area contributed by atoms with Gasteiger partial charge in [-0.15, -0.1) is 0 Å². The molecule has 1 heterocycles. The Hall–Kier alpha value is -1.61. The van der Waals surface area contributed by atoms with E-state index in [1.165, 1.54) is 0 Å². The van der Waals surface area contributed by atoms with Crippen LogP contribution in [0.25, 0.3) is 10.9 Å². The molecule has 3 nitrogen and oxygen atoms in total. The molecule has 16 heavy (non-hydrogen) atoms. The van der Waals surface area contributed by atoms with E-state index in [4.69, 9.17) is 4.74 Å². The van der Waals surface area contributed by atoms with E-state index in [1.54, 1.807) is 0 Å². The molecule has 0 saturated heterocycles. The molecule has 0 fully saturated rings. The number of aromatic nitrogens is 1. The van der Waals surface area contributed by atoms with Crippen LogP contribution in [0.15, 0.2) is 30.5 Å². The van der Waals surface area contributed by atoms with Gasteiger partial charge in [-0.3, -0.25) is 4.79 Å². The molecule has 0 spiro atoms. The molecule has 84 valence electrons. The Balaban J connectivity index is 2.30. The van der Waals surface area contributed by atoms with Crippen molar-refractivity contribution in [2.75, 3.05) is 13.2 Å². The molecule has 2 aromatic rings. The lowest BCUT2D eigenvalue weighted by Crippen LogP contribution is -2.04. The summed E-state index contributed by atoms with van der Waals surface area (Å²) in [6.45, 7) is 4.24. The SMILES string of the molecule is CCOCCn1ccc2c(C=O)cccc21. The standard InChI is InChI=1S/C13H15NO2/c1-2-16-9-8-14-7-6-12-11(10-15)4-3-5-13(12)14/h3-7,10H,2,8-9H2,1H3. The molecule has 0 unspecified atom stereocenters. The van der Waals surface area contributed by atoms with E-state index in [-0.39, 0.29) is 0 Å². The zero-order chi connectivity index (χ0) is 11.4. The minimum Gasteiger partial charge on any atom is -0.380 e. The molecule has 0 amide bonds. The molecule has 0 atom stereocenters. The Kier molecular flexibility index (Phi) is 3.37. The van der Waals surface area contributed by atoms with Crippen molar-refractivity contribution in [3.05, 3.63) is 36.0 Å². The first-order chi connectivity index (χ1) is 7.86. The Bertz CT molecular complexity index is 488. The molecule has 0 aliphatic heterocycles. The van der Waals surface area contributed by atoms with Crippen molar-refractivity contribution in [3.63, 3.8) is 0 Å². The van der Waals surface area contributed by atoms with Crippen molar-refractivity contribution in [3.8, 4) is 0 Å². The van der Waals surface area contributed by atoms with Crippen molar-refractivity contribution in [2.24, 2.45) is 0 Å². The van der Waals surface area contributed by atoms with Gasteiger partial charge in [-0.2, -0.15) is 0 Å². The highest BCUT2D eigenvalue weighted by atomic mass is 16.5. The van der Waals surface area contributed by atoms with Crippen LogP contribution >= 0.6 is 0 Å². The predicted molar refractivity (Wildman–Crippen MR) is 63.8 cm³/mol. The molecule has 0 saturated carbocycles. The number of fused-ring (bicyclic) bond motifs is 1. The van der Waals surface area contributed by atoms with E-state index in [0.717, 1.165) is 35.9 Å². The molecule has 1 aromatic heterocycles. The number of hydrogen-bond donors (Lipinski definition) is 0. The van der Waals surface area contributed by atoms with Crippen LogP contribution in [0.5, 0.6) is 0 Å². The first kappa shape index (κ1) is 10.9. The fraction of sp³-hybridized carbons (Fsp3) is 0.308. The number of rotatable bonds is 5. The van der Waals surface area contributed by atoms with E-state index < -0.39 is 0 Å². The number of hydrogen-bond acceptors (Lipinski definition) is 2. The van der Waals surface area contributed by atoms with E-state index in [2.05, 4.69) is 4.57 Å². The Morgan fingerprint density at radius 1 is 1.38 bits per heavy atom. The second-order valence-electron chi connectivity index (χ2n) is 3.60. The van der Waals surface area contributed by atoms with Gasteiger partial charge in [-0.05, 0) is 19.1 Å². The zero-order valence-corrected chi connectivity index (χ0v) is 9.35. The fourth-order valence-corrected chi connectivity index (χ4v) is 1.85. The van der Waals surface area contributed by atoms with E-state index in [0.29, 0.717) is 6.61 Å². The van der Waals surface area contributed by atoms with Crippen molar-refractivity contribution < 1.29 is 9.53 Å². The molecule has 0 aliphatic carbocycles. The highest BCUT2D eigenvalue weighted by Gasteiger charge is 2.04. The first-order valence-electron chi connectivity index (χ1n) is 5.47. The van der Waals surface area contributed by atoms with Gasteiger partial charge in [0, 0.05) is 35.8 Å². The first-order valence-corrected chi connectivity index (χ1v) is 5.47. The Morgan fingerprint density at radius 3 is 3.00 bits per heavy atom. The maximum atomic E-state index is 10.9. The van der Waals surface area contributed by atoms with Crippen molar-refractivity contribution in [1.82, 2.24) is 4.57 Å². The second kappa shape index (κ2) is 4.94. The topological polar surface area (TPSA) is 31.2 Å². The smallest absolute Gasteiger partial charge is 0.150 e. The number of benzene rings is 1. The molecular formula is C13H15NO2. The summed E-state index contributed by atoms with van der Waals surface area (Å²) in [4.78, 5) is 10.9. The lowest BCUT2D eigenvalue weighted by atomic mass is 10.1. The third-order valence-corrected chi connectivity index (χ3v) is 2.66. The maximum absolute atomic E-state index is 10.9. The number of carbonyl (C=O) groups excluding carboxylic acids is 1. The van der Waals surface area contributed by atoms with Gasteiger partial charge in [0.2, 0.25) is 0 Å². The van der Waals surface area contributed by atoms with Crippen LogP contribution < -0.4 is 0 Å². The monoisotopic (exact) mass is 217 g/mol. The van der Waals surface area contributed by atoms with Crippen LogP contribution in [0.1, 0.15) is 17.3 Å². The zero-order valence-electron chi connectivity index (χ0n) is 9.35. The van der Waals surface area contributed by atoms with Crippen LogP contribution in [0, 0.1) is 0 Å². The average molecular weight is 217 g/mol. The summed E-state index contributed by atoms with van der Waals surface area (Å²) in [5, 5.41) is 1.01. The number of aldehydes is 1. The fourth-order valence-electron chi connectivity index (χ4n) is 1.85. The molecule has 3 heteroatoms. The highest BCUT2D eigenvalue weighted by molar-refractivity contribution is 5.97. The quantitative estimate of drug-likeness (QED) is 0.569. The summed E-state index contributed by atoms with van der Waals surface area (Å²) >= 11 is 0. The van der Waals surface area contributed by atoms with Crippen LogP contribution in [0.2, 0.25) is 0 Å². The van der Waals surface area contributed by atoms with Crippen LogP contribution in [-0.4, -0.2) is 24.1 Å². The minimum atomic E-state index is 0.700. The molecule has 0 radical (unpaired) electrons. The van der Waals surface area contributed by atoms with E-state index >= 15 is 0 Å². The van der Waals surface area contributed by atoms with Gasteiger partial charge in [-0.25, -0.2) is 0 Å². The maximum Gasteiger partial charge on any atom is 0.150 e. The highest BCUT2D eigenvalue weighted by Crippen LogP contribution is 2.18. The number of ether oxygens (including phenoxy) is 1. The van der Waals surface area contributed by atoms with Crippen molar-refractivity contribution in [2.45, 2.75) is 13.5 Å². The van der Waals surface area contributed by atoms with Gasteiger partial charge in [-0.1, -0.05) is 12.1 Å². The van der Waals surface area contributed by atoms with E-state index in [9.17, 15) is 4.79 Å². The third-order valence-electron chi connectivity index (χ3n) is 2.66. The Morgan fingerprint density at radius 2 is 2.25 bits per heavy atom. The number of nitrogens with zero attached hydrogens (tertiary/aromatic N) is 1. The van der Waals surface area contributed by atoms with Crippen molar-refractivity contribution in [1.29, 1.82) is 0 Å². The lowest BCUT2D eigenvalue weighted by molar-refractivity contribution is 0.112. The molecule has 0 bridgehead atoms. The predicted octanol–water partition coefficient (Wildman–Crippen LogP) is 2.49. The summed E-state index contributed by atoms with van der Waals surface area (Å²) in [6.07, 6.45) is 2.89. The molecule has 0 aliphatic rings. The van der Waals surface area contributed by atoms with Crippen LogP contribution in [0.3, 0.4) is 0 Å². The molecule has 0 N–H and O–H groups in total. The summed E-state index contributed by atoms with van der Waals surface area (Å²) in [6, 6.07) is 7.74. The summed E-state index contributed by atoms with van der Waals surface area (Å²) in [5.74, 6) is 0. The largest absolute Gasteiger partial charge is 0.380 e. The van der Waals surface area contributed by atoms with Gasteiger partial charge in [0.05, 0.1) is 6.61 Å². The number of carbonyl (C=O) groups is 1. The van der Waals surface area contributed by atoms with E-state index in [1.807, 2.05) is 37.4 Å². The summed E-state index contributed by atoms with van der Waals surface area (Å²) in [5.41, 5.74) is 1.83. The summed E-state index contributed by atoms with van der Waals surface area (Å²) in [7, 11) is 0. The van der Waals surface area contributed by atoms with Crippen LogP contribution in [-0.2, 0) is 11.3 Å². The molecule has 1 aromatic carbocycles. The van der Waals surface area contributed by atoms with Gasteiger partial charge in [0.15, 0.2) is 6.29 Å². The lowest BCUT2D eigenvalue weighted by Gasteiger charge is -2.05. The van der Waals surface area contributed by atoms with Gasteiger partial charge in [0.1, 0.15) is 0 Å². The van der Waals surface area contributed by atoms with Gasteiger partial charge >= 0.3 is 0 Å². The third kappa shape index (κ3) is 1.99.